The van der Waals surface area contributed by atoms with E-state index in [0.29, 0.717) is 52.1 Å². The minimum absolute atomic E-state index is 0. The number of nitrogens with zero attached hydrogens (tertiary/aromatic N) is 2. The number of hydrogen-bond donors (Lipinski definition) is 2. The van der Waals surface area contributed by atoms with E-state index in [1.54, 1.807) is 18.4 Å². The Balaban J connectivity index is 0.000000175. The van der Waals surface area contributed by atoms with Crippen molar-refractivity contribution in [3.8, 4) is 0 Å². The zero-order chi connectivity index (χ0) is 36.0. The SMILES string of the molecule is C[N+]1(C)[C@@H]2C[C@@H](OC(=O)C(O)(c3cccs3)c3cccs3)C[C@H]1[C@@H]1O[C@@H]12.C[S@@+]([O-])CC[C@](CO)(C(=O)O[C@H]1CN2CCC1CC2)c1ccccc1.[Br-]. The van der Waals surface area contributed by atoms with Crippen LogP contribution in [-0.2, 0) is 46.0 Å². The van der Waals surface area contributed by atoms with Gasteiger partial charge in [-0.3, -0.25) is 9.69 Å². The number of carbonyl (C=O) groups is 2. The third-order valence-electron chi connectivity index (χ3n) is 12.0. The van der Waals surface area contributed by atoms with Gasteiger partial charge in [0.1, 0.15) is 47.7 Å². The number of benzene rings is 1. The summed E-state index contributed by atoms with van der Waals surface area (Å²) in [5.74, 6) is -0.175. The van der Waals surface area contributed by atoms with Crippen molar-refractivity contribution in [2.24, 2.45) is 5.92 Å². The van der Waals surface area contributed by atoms with Crippen LogP contribution < -0.4 is 17.0 Å². The molecular weight excluding hydrogens is 789 g/mol. The molecule has 14 heteroatoms. The number of piperidine rings is 4. The summed E-state index contributed by atoms with van der Waals surface area (Å²) in [6.45, 7) is 2.61. The third kappa shape index (κ3) is 7.54. The predicted molar refractivity (Wildman–Crippen MR) is 197 cm³/mol. The highest BCUT2D eigenvalue weighted by Crippen LogP contribution is 2.52. The maximum absolute atomic E-state index is 13.2. The molecular formula is C38H49BrN2O8S3. The van der Waals surface area contributed by atoms with Gasteiger partial charge in [-0.1, -0.05) is 53.6 Å². The fourth-order valence-electron chi connectivity index (χ4n) is 8.80. The number of thiophene rings is 2. The van der Waals surface area contributed by atoms with Gasteiger partial charge in [0.15, 0.2) is 0 Å². The monoisotopic (exact) mass is 836 g/mol. The fraction of sp³-hybridized carbons (Fsp3) is 0.579. The van der Waals surface area contributed by atoms with Gasteiger partial charge in [0.2, 0.25) is 5.60 Å². The highest BCUT2D eigenvalue weighted by molar-refractivity contribution is 7.90. The highest BCUT2D eigenvalue weighted by Gasteiger charge is 2.71. The molecule has 9 rings (SSSR count). The van der Waals surface area contributed by atoms with Crippen molar-refractivity contribution in [3.63, 3.8) is 0 Å². The normalized spacial score (nSPS) is 31.1. The van der Waals surface area contributed by atoms with E-state index in [0.717, 1.165) is 55.4 Å². The second-order valence-corrected chi connectivity index (χ2v) is 18.7. The largest absolute Gasteiger partial charge is 1.00 e. The Bertz CT molecular complexity index is 1580. The van der Waals surface area contributed by atoms with Crippen molar-refractivity contribution in [2.75, 3.05) is 52.3 Å². The predicted octanol–water partition coefficient (Wildman–Crippen LogP) is 0.672. The first-order valence-corrected chi connectivity index (χ1v) is 21.4. The Kier molecular flexibility index (Phi) is 12.3. The number of ether oxygens (including phenoxy) is 3. The molecule has 2 aromatic heterocycles. The van der Waals surface area contributed by atoms with Crippen LogP contribution in [0.5, 0.6) is 0 Å². The van der Waals surface area contributed by atoms with Crippen LogP contribution in [-0.4, -0.2) is 125 Å². The first kappa shape index (κ1) is 39.8. The van der Waals surface area contributed by atoms with Gasteiger partial charge in [0.05, 0.1) is 36.7 Å². The summed E-state index contributed by atoms with van der Waals surface area (Å²) in [4.78, 5) is 29.8. The van der Waals surface area contributed by atoms with E-state index in [1.165, 1.54) is 22.7 Å². The highest BCUT2D eigenvalue weighted by atomic mass is 79.9. The summed E-state index contributed by atoms with van der Waals surface area (Å²) < 4.78 is 30.2. The minimum Gasteiger partial charge on any atom is -1.00 e. The number of morpholine rings is 1. The second-order valence-electron chi connectivity index (χ2n) is 15.2. The lowest BCUT2D eigenvalue weighted by Crippen LogP contribution is -3.00. The number of halogens is 1. The lowest BCUT2D eigenvalue weighted by molar-refractivity contribution is -0.938. The molecule has 3 aromatic rings. The number of aliphatic hydroxyl groups is 2. The van der Waals surface area contributed by atoms with Crippen LogP contribution >= 0.6 is 22.7 Å². The average Bonchev–Trinajstić information content (AvgIpc) is 3.42. The summed E-state index contributed by atoms with van der Waals surface area (Å²) in [5, 5.41) is 25.3. The van der Waals surface area contributed by atoms with Crippen molar-refractivity contribution in [3.05, 3.63) is 80.7 Å². The molecule has 6 saturated heterocycles. The molecule has 2 N–H and O–H groups in total. The lowest BCUT2D eigenvalue weighted by Gasteiger charge is -2.45. The minimum atomic E-state index is -1.72. The van der Waals surface area contributed by atoms with Crippen LogP contribution in [0.3, 0.4) is 0 Å². The Morgan fingerprint density at radius 2 is 1.56 bits per heavy atom. The van der Waals surface area contributed by atoms with E-state index in [9.17, 15) is 24.4 Å². The van der Waals surface area contributed by atoms with E-state index in [-0.39, 0.29) is 41.8 Å². The van der Waals surface area contributed by atoms with Crippen molar-refractivity contribution in [1.29, 1.82) is 0 Å². The molecule has 0 spiro atoms. The van der Waals surface area contributed by atoms with Crippen LogP contribution in [0.4, 0.5) is 0 Å². The van der Waals surface area contributed by atoms with Gasteiger partial charge in [0, 0.05) is 25.8 Å². The fourth-order valence-corrected chi connectivity index (χ4v) is 11.1. The summed E-state index contributed by atoms with van der Waals surface area (Å²) >= 11 is 1.70. The number of carbonyl (C=O) groups excluding carboxylic acids is 2. The molecule has 6 aliphatic heterocycles. The number of rotatable bonds is 11. The van der Waals surface area contributed by atoms with Crippen LogP contribution in [0.25, 0.3) is 0 Å². The molecule has 284 valence electrons. The molecule has 0 radical (unpaired) electrons. The number of aliphatic hydroxyl groups excluding tert-OH is 1. The zero-order valence-electron chi connectivity index (χ0n) is 29.8. The maximum Gasteiger partial charge on any atom is 0.349 e. The summed E-state index contributed by atoms with van der Waals surface area (Å²) in [6.07, 6.45) is 6.01. The van der Waals surface area contributed by atoms with Crippen LogP contribution in [0.1, 0.15) is 47.4 Å². The molecule has 1 aromatic carbocycles. The van der Waals surface area contributed by atoms with Crippen molar-refractivity contribution in [1.82, 2.24) is 4.90 Å². The summed E-state index contributed by atoms with van der Waals surface area (Å²) in [7, 11) is 4.49. The molecule has 6 aliphatic rings. The van der Waals surface area contributed by atoms with Gasteiger partial charge < -0.3 is 50.4 Å². The topological polar surface area (TPSA) is 132 Å². The molecule has 0 aliphatic carbocycles. The Morgan fingerprint density at radius 1 is 0.962 bits per heavy atom. The lowest BCUT2D eigenvalue weighted by atomic mass is 9.78. The molecule has 0 saturated carbocycles. The summed E-state index contributed by atoms with van der Waals surface area (Å²) in [6, 6.07) is 17.3. The van der Waals surface area contributed by atoms with Gasteiger partial charge in [-0.25, -0.2) is 4.79 Å². The molecule has 4 bridgehead atoms. The first-order chi connectivity index (χ1) is 24.5. The first-order valence-electron chi connectivity index (χ1n) is 17.9. The molecule has 8 heterocycles. The maximum atomic E-state index is 13.2. The van der Waals surface area contributed by atoms with E-state index >= 15 is 0 Å². The van der Waals surface area contributed by atoms with E-state index in [1.807, 2.05) is 53.2 Å². The smallest absolute Gasteiger partial charge is 0.349 e. The van der Waals surface area contributed by atoms with Gasteiger partial charge in [-0.15, -0.1) is 22.7 Å². The van der Waals surface area contributed by atoms with Gasteiger partial charge >= 0.3 is 11.9 Å². The van der Waals surface area contributed by atoms with Crippen molar-refractivity contribution >= 4 is 45.8 Å². The Morgan fingerprint density at radius 3 is 2.04 bits per heavy atom. The second kappa shape index (κ2) is 16.1. The Labute approximate surface area is 327 Å². The van der Waals surface area contributed by atoms with Gasteiger partial charge in [-0.2, -0.15) is 0 Å². The van der Waals surface area contributed by atoms with Crippen molar-refractivity contribution < 1.29 is 60.0 Å². The van der Waals surface area contributed by atoms with Crippen LogP contribution in [0.15, 0.2) is 65.4 Å². The van der Waals surface area contributed by atoms with Crippen LogP contribution in [0, 0.1) is 5.92 Å². The number of hydrogen-bond acceptors (Lipinski definition) is 11. The van der Waals surface area contributed by atoms with Gasteiger partial charge in [-0.05, 0) is 60.3 Å². The molecule has 10 nitrogen and oxygen atoms in total. The summed E-state index contributed by atoms with van der Waals surface area (Å²) in [5.41, 5.74) is -2.13. The number of esters is 2. The molecule has 6 fully saturated rings. The number of fused-ring (bicyclic) bond motifs is 8. The van der Waals surface area contributed by atoms with Crippen molar-refractivity contribution in [2.45, 2.75) is 79.6 Å². The van der Waals surface area contributed by atoms with E-state index < -0.39 is 28.2 Å². The molecule has 8 atom stereocenters. The number of likely N-dealkylation sites (N-methyl/N-ethyl adjacent to an activating group) is 1. The van der Waals surface area contributed by atoms with E-state index in [2.05, 4.69) is 19.0 Å². The van der Waals surface area contributed by atoms with Gasteiger partial charge in [0.25, 0.3) is 0 Å². The third-order valence-corrected chi connectivity index (χ3v) is 14.8. The number of quaternary nitrogens is 1. The molecule has 0 unspecified atom stereocenters. The van der Waals surface area contributed by atoms with E-state index in [4.69, 9.17) is 14.2 Å². The zero-order valence-corrected chi connectivity index (χ0v) is 33.8. The van der Waals surface area contributed by atoms with Crippen LogP contribution in [0.2, 0.25) is 0 Å². The number of epoxide rings is 1. The molecule has 0 amide bonds. The standard InChI is InChI=1S/C19H22NO4S2.C19H27NO4S.BrH/c1-20(2)12-9-11(10-13(20)17-16(12)24-17)23-18(21)19(22,14-5-3-7-25-14)15-6-4-8-26-15;1-25(23)12-9-19(14-21,16-5-3-2-4-6-16)18(22)24-17-13-20-10-7-15(17)8-11-20;/h3-8,11-13,16-17,22H,9-10H2,1-2H3;2-6,15,17,21H,7-14H2,1H3;1H/q+1;;/p-1/t11-,12-,13+,16-,17+;17-,19+,25+;/m.0./s1. The average molecular weight is 838 g/mol. The molecule has 52 heavy (non-hydrogen) atoms. The Hall–Kier alpha value is -1.85. The quantitative estimate of drug-likeness (QED) is 0.124.